The van der Waals surface area contributed by atoms with Gasteiger partial charge in [0.1, 0.15) is 11.8 Å². The Hall–Kier alpha value is -1.60. The molecule has 0 aromatic heterocycles. The Morgan fingerprint density at radius 2 is 2.00 bits per heavy atom. The molecule has 0 aromatic rings. The summed E-state index contributed by atoms with van der Waals surface area (Å²) in [7, 11) is 0. The summed E-state index contributed by atoms with van der Waals surface area (Å²) in [5.41, 5.74) is -0.534. The van der Waals surface area contributed by atoms with Gasteiger partial charge in [-0.15, -0.1) is 0 Å². The van der Waals surface area contributed by atoms with E-state index in [1.165, 1.54) is 0 Å². The van der Waals surface area contributed by atoms with Gasteiger partial charge in [0, 0.05) is 18.5 Å². The van der Waals surface area contributed by atoms with Crippen molar-refractivity contribution >= 4 is 11.8 Å². The molecule has 23 heavy (non-hydrogen) atoms. The van der Waals surface area contributed by atoms with Gasteiger partial charge < -0.3 is 20.8 Å². The van der Waals surface area contributed by atoms with Crippen molar-refractivity contribution in [1.82, 2.24) is 16.0 Å². The molecule has 5 N–H and O–H groups in total. The maximum absolute atomic E-state index is 12.1. The minimum absolute atomic E-state index is 0.174. The van der Waals surface area contributed by atoms with Crippen molar-refractivity contribution in [2.75, 3.05) is 13.2 Å². The van der Waals surface area contributed by atoms with Gasteiger partial charge in [0.25, 0.3) is 0 Å². The molecule has 1 aliphatic rings. The Morgan fingerprint density at radius 1 is 1.39 bits per heavy atom. The normalized spacial score (nSPS) is 21.5. The SMILES string of the molecule is CC(C)(C)CC(=O)NC(CO)C(=O)NC[C@H]1NC(C)(C)C=C1O. The van der Waals surface area contributed by atoms with E-state index >= 15 is 0 Å². The van der Waals surface area contributed by atoms with E-state index in [0.29, 0.717) is 0 Å². The average molecular weight is 327 g/mol. The number of hydrogen-bond donors (Lipinski definition) is 5. The van der Waals surface area contributed by atoms with Crippen LogP contribution in [0.4, 0.5) is 0 Å². The monoisotopic (exact) mass is 327 g/mol. The predicted molar refractivity (Wildman–Crippen MR) is 87.8 cm³/mol. The predicted octanol–water partition coefficient (Wildman–Crippen LogP) is 0.208. The third-order valence-electron chi connectivity index (χ3n) is 3.42. The number of carbonyl (C=O) groups excluding carboxylic acids is 2. The van der Waals surface area contributed by atoms with Crippen LogP contribution >= 0.6 is 0 Å². The Bertz CT molecular complexity index is 480. The van der Waals surface area contributed by atoms with Crippen molar-refractivity contribution in [2.45, 2.75) is 58.7 Å². The highest BCUT2D eigenvalue weighted by Crippen LogP contribution is 2.19. The van der Waals surface area contributed by atoms with Crippen LogP contribution in [0.2, 0.25) is 0 Å². The lowest BCUT2D eigenvalue weighted by atomic mass is 9.92. The van der Waals surface area contributed by atoms with Gasteiger partial charge in [-0.3, -0.25) is 14.9 Å². The van der Waals surface area contributed by atoms with Crippen LogP contribution in [0.5, 0.6) is 0 Å². The summed E-state index contributed by atoms with van der Waals surface area (Å²) in [5.74, 6) is -0.587. The lowest BCUT2D eigenvalue weighted by Gasteiger charge is -2.23. The van der Waals surface area contributed by atoms with Crippen LogP contribution < -0.4 is 16.0 Å². The molecule has 132 valence electrons. The molecule has 1 aliphatic heterocycles. The molecule has 7 heteroatoms. The first-order chi connectivity index (χ1) is 10.4. The van der Waals surface area contributed by atoms with E-state index in [0.717, 1.165) is 0 Å². The first-order valence-electron chi connectivity index (χ1n) is 7.81. The molecule has 1 unspecified atom stereocenters. The van der Waals surface area contributed by atoms with Crippen LogP contribution in [0, 0.1) is 5.41 Å². The highest BCUT2D eigenvalue weighted by Gasteiger charge is 2.31. The van der Waals surface area contributed by atoms with E-state index in [2.05, 4.69) is 16.0 Å². The van der Waals surface area contributed by atoms with Crippen LogP contribution in [0.3, 0.4) is 0 Å². The summed E-state index contributed by atoms with van der Waals surface area (Å²) in [6, 6.07) is -1.37. The summed E-state index contributed by atoms with van der Waals surface area (Å²) in [6.07, 6.45) is 1.96. The molecule has 0 saturated heterocycles. The van der Waals surface area contributed by atoms with Crippen LogP contribution in [-0.2, 0) is 9.59 Å². The summed E-state index contributed by atoms with van der Waals surface area (Å²) < 4.78 is 0. The fourth-order valence-corrected chi connectivity index (χ4v) is 2.44. The number of hydrogen-bond acceptors (Lipinski definition) is 5. The van der Waals surface area contributed by atoms with Crippen molar-refractivity contribution in [1.29, 1.82) is 0 Å². The van der Waals surface area contributed by atoms with Crippen LogP contribution in [-0.4, -0.2) is 52.8 Å². The van der Waals surface area contributed by atoms with Crippen LogP contribution in [0.15, 0.2) is 11.8 Å². The van der Waals surface area contributed by atoms with E-state index in [9.17, 15) is 19.8 Å². The third kappa shape index (κ3) is 6.58. The second-order valence-corrected chi connectivity index (χ2v) is 7.77. The molecular weight excluding hydrogens is 298 g/mol. The van der Waals surface area contributed by atoms with Crippen molar-refractivity contribution in [2.24, 2.45) is 5.41 Å². The summed E-state index contributed by atoms with van der Waals surface area (Å²) in [4.78, 5) is 24.0. The zero-order chi connectivity index (χ0) is 17.8. The molecule has 0 fully saturated rings. The molecule has 2 amide bonds. The van der Waals surface area contributed by atoms with Crippen LogP contribution in [0.25, 0.3) is 0 Å². The van der Waals surface area contributed by atoms with Gasteiger partial charge >= 0.3 is 0 Å². The first-order valence-corrected chi connectivity index (χ1v) is 7.81. The van der Waals surface area contributed by atoms with Crippen molar-refractivity contribution in [3.05, 3.63) is 11.8 Å². The molecular formula is C16H29N3O4. The molecule has 1 heterocycles. The van der Waals surface area contributed by atoms with E-state index in [1.54, 1.807) is 6.08 Å². The van der Waals surface area contributed by atoms with Gasteiger partial charge in [-0.1, -0.05) is 20.8 Å². The maximum atomic E-state index is 12.1. The fraction of sp³-hybridized carbons (Fsp3) is 0.750. The second kappa shape index (κ2) is 7.31. The van der Waals surface area contributed by atoms with Gasteiger partial charge in [-0.25, -0.2) is 0 Å². The molecule has 0 aliphatic carbocycles. The highest BCUT2D eigenvalue weighted by atomic mass is 16.3. The minimum Gasteiger partial charge on any atom is -0.511 e. The molecule has 0 aromatic carbocycles. The number of aliphatic hydroxyl groups is 2. The van der Waals surface area contributed by atoms with E-state index in [4.69, 9.17) is 0 Å². The van der Waals surface area contributed by atoms with Gasteiger partial charge in [0.05, 0.1) is 12.6 Å². The van der Waals surface area contributed by atoms with Gasteiger partial charge in [0.2, 0.25) is 11.8 Å². The summed E-state index contributed by atoms with van der Waals surface area (Å²) >= 11 is 0. The molecule has 1 rings (SSSR count). The number of nitrogens with one attached hydrogen (secondary N) is 3. The topological polar surface area (TPSA) is 111 Å². The quantitative estimate of drug-likeness (QED) is 0.479. The Labute approximate surface area is 137 Å². The Morgan fingerprint density at radius 3 is 2.43 bits per heavy atom. The van der Waals surface area contributed by atoms with Crippen molar-refractivity contribution in [3.8, 4) is 0 Å². The average Bonchev–Trinajstić information content (AvgIpc) is 2.63. The van der Waals surface area contributed by atoms with E-state index in [1.807, 2.05) is 34.6 Å². The lowest BCUT2D eigenvalue weighted by molar-refractivity contribution is -0.130. The van der Waals surface area contributed by atoms with Gasteiger partial charge in [0.15, 0.2) is 0 Å². The number of amides is 2. The molecule has 0 bridgehead atoms. The first kappa shape index (κ1) is 19.4. The molecule has 0 spiro atoms. The smallest absolute Gasteiger partial charge is 0.245 e. The number of rotatable bonds is 6. The largest absolute Gasteiger partial charge is 0.511 e. The zero-order valence-electron chi connectivity index (χ0n) is 14.6. The van der Waals surface area contributed by atoms with E-state index in [-0.39, 0.29) is 41.6 Å². The number of aliphatic hydroxyl groups excluding tert-OH is 2. The standard InChI is InChI=1S/C16H29N3O4/c1-15(2,3)7-13(22)18-11(9-20)14(23)17-8-10-12(21)6-16(4,5)19-10/h6,10-11,19-21H,7-9H2,1-5H3,(H,17,23)(H,18,22)/t10-,11?/m1/s1. The second-order valence-electron chi connectivity index (χ2n) is 7.77. The molecule has 0 saturated carbocycles. The maximum Gasteiger partial charge on any atom is 0.245 e. The lowest BCUT2D eigenvalue weighted by Crippen LogP contribution is -2.52. The van der Waals surface area contributed by atoms with Gasteiger partial charge in [-0.2, -0.15) is 0 Å². The van der Waals surface area contributed by atoms with E-state index < -0.39 is 18.6 Å². The number of carbonyl (C=O) groups is 2. The molecule has 7 nitrogen and oxygen atoms in total. The Kier molecular flexibility index (Phi) is 6.18. The Balaban J connectivity index is 2.49. The third-order valence-corrected chi connectivity index (χ3v) is 3.42. The van der Waals surface area contributed by atoms with Crippen LogP contribution in [0.1, 0.15) is 41.0 Å². The van der Waals surface area contributed by atoms with Gasteiger partial charge in [-0.05, 0) is 25.3 Å². The van der Waals surface area contributed by atoms with Crippen molar-refractivity contribution in [3.63, 3.8) is 0 Å². The summed E-state index contributed by atoms with van der Waals surface area (Å²) in [6.45, 7) is 9.28. The minimum atomic E-state index is -0.995. The molecule has 2 atom stereocenters. The zero-order valence-corrected chi connectivity index (χ0v) is 14.6. The summed E-state index contributed by atoms with van der Waals surface area (Å²) in [5, 5.41) is 27.5. The molecule has 0 radical (unpaired) electrons. The highest BCUT2D eigenvalue weighted by molar-refractivity contribution is 5.87. The fourth-order valence-electron chi connectivity index (χ4n) is 2.44. The van der Waals surface area contributed by atoms with Crippen molar-refractivity contribution < 1.29 is 19.8 Å².